The minimum Gasteiger partial charge on any atom is -0.378 e. The highest BCUT2D eigenvalue weighted by Crippen LogP contribution is 2.31. The van der Waals surface area contributed by atoms with Gasteiger partial charge in [-0.3, -0.25) is 0 Å². The number of nitrogens with two attached hydrogens (primary N) is 1. The van der Waals surface area contributed by atoms with Gasteiger partial charge in [0.1, 0.15) is 5.54 Å². The van der Waals surface area contributed by atoms with Gasteiger partial charge in [-0.2, -0.15) is 5.26 Å². The summed E-state index contributed by atoms with van der Waals surface area (Å²) in [6, 6.07) is 2.09. The van der Waals surface area contributed by atoms with Crippen LogP contribution in [0.4, 0.5) is 0 Å². The first-order valence-electron chi connectivity index (χ1n) is 6.26. The molecule has 0 bridgehead atoms. The number of nitriles is 1. The van der Waals surface area contributed by atoms with Gasteiger partial charge in [-0.1, -0.05) is 13.8 Å². The smallest absolute Gasteiger partial charge is 0.103 e. The zero-order chi connectivity index (χ0) is 12.2. The highest BCUT2D eigenvalue weighted by molar-refractivity contribution is 5.00. The molecule has 0 spiro atoms. The Hall–Kier alpha value is -0.590. The highest BCUT2D eigenvalue weighted by atomic mass is 16.5. The van der Waals surface area contributed by atoms with E-state index in [1.54, 1.807) is 6.92 Å². The topological polar surface area (TPSA) is 59.0 Å². The summed E-state index contributed by atoms with van der Waals surface area (Å²) in [7, 11) is 0. The minimum atomic E-state index is -0.742. The molecule has 0 amide bonds. The van der Waals surface area contributed by atoms with E-state index in [-0.39, 0.29) is 0 Å². The molecule has 16 heavy (non-hydrogen) atoms. The van der Waals surface area contributed by atoms with Crippen molar-refractivity contribution in [1.82, 2.24) is 0 Å². The summed E-state index contributed by atoms with van der Waals surface area (Å²) in [6.45, 7) is 6.96. The Bertz CT molecular complexity index is 257. The molecule has 1 fully saturated rings. The van der Waals surface area contributed by atoms with Crippen LogP contribution in [0.25, 0.3) is 0 Å². The molecule has 0 saturated heterocycles. The van der Waals surface area contributed by atoms with Crippen LogP contribution in [0.1, 0.15) is 46.5 Å². The van der Waals surface area contributed by atoms with E-state index in [2.05, 4.69) is 19.9 Å². The Morgan fingerprint density at radius 1 is 1.38 bits per heavy atom. The maximum atomic E-state index is 8.78. The van der Waals surface area contributed by atoms with E-state index in [4.69, 9.17) is 15.7 Å². The summed E-state index contributed by atoms with van der Waals surface area (Å²) in [5, 5.41) is 8.78. The van der Waals surface area contributed by atoms with Gasteiger partial charge < -0.3 is 10.5 Å². The van der Waals surface area contributed by atoms with Crippen LogP contribution in [-0.4, -0.2) is 18.2 Å². The lowest BCUT2D eigenvalue weighted by Crippen LogP contribution is -2.36. The summed E-state index contributed by atoms with van der Waals surface area (Å²) >= 11 is 0. The molecular formula is C13H24N2O. The van der Waals surface area contributed by atoms with Crippen molar-refractivity contribution in [3.63, 3.8) is 0 Å². The maximum Gasteiger partial charge on any atom is 0.103 e. The predicted octanol–water partition coefficient (Wildman–Crippen LogP) is 2.46. The van der Waals surface area contributed by atoms with Gasteiger partial charge in [0.15, 0.2) is 0 Å². The number of rotatable bonds is 4. The van der Waals surface area contributed by atoms with Gasteiger partial charge in [-0.25, -0.2) is 0 Å². The molecule has 3 heteroatoms. The largest absolute Gasteiger partial charge is 0.378 e. The lowest BCUT2D eigenvalue weighted by Gasteiger charge is -2.32. The van der Waals surface area contributed by atoms with Gasteiger partial charge in [0.05, 0.1) is 12.2 Å². The molecule has 92 valence electrons. The molecule has 0 heterocycles. The fourth-order valence-electron chi connectivity index (χ4n) is 2.14. The molecule has 0 aromatic rings. The number of hydrogen-bond donors (Lipinski definition) is 1. The van der Waals surface area contributed by atoms with Gasteiger partial charge in [0.2, 0.25) is 0 Å². The van der Waals surface area contributed by atoms with E-state index in [0.29, 0.717) is 19.1 Å². The van der Waals surface area contributed by atoms with Crippen molar-refractivity contribution < 1.29 is 4.74 Å². The lowest BCUT2D eigenvalue weighted by molar-refractivity contribution is -0.00171. The van der Waals surface area contributed by atoms with Gasteiger partial charge in [0, 0.05) is 13.0 Å². The van der Waals surface area contributed by atoms with E-state index < -0.39 is 5.54 Å². The van der Waals surface area contributed by atoms with Crippen LogP contribution in [0.3, 0.4) is 0 Å². The van der Waals surface area contributed by atoms with E-state index in [0.717, 1.165) is 24.7 Å². The fraction of sp³-hybridized carbons (Fsp3) is 0.923. The fourth-order valence-corrected chi connectivity index (χ4v) is 2.14. The first kappa shape index (κ1) is 13.5. The Kier molecular flexibility index (Phi) is 4.76. The van der Waals surface area contributed by atoms with Crippen molar-refractivity contribution in [2.75, 3.05) is 6.61 Å². The van der Waals surface area contributed by atoms with Gasteiger partial charge in [-0.05, 0) is 38.0 Å². The van der Waals surface area contributed by atoms with Crippen LogP contribution in [-0.2, 0) is 4.74 Å². The molecular weight excluding hydrogens is 200 g/mol. The van der Waals surface area contributed by atoms with Crippen LogP contribution >= 0.6 is 0 Å². The Labute approximate surface area is 99.0 Å². The van der Waals surface area contributed by atoms with Crippen molar-refractivity contribution in [3.8, 4) is 6.07 Å². The van der Waals surface area contributed by atoms with Crippen LogP contribution in [0.5, 0.6) is 0 Å². The molecule has 1 aliphatic rings. The number of hydrogen-bond acceptors (Lipinski definition) is 3. The zero-order valence-corrected chi connectivity index (χ0v) is 10.7. The van der Waals surface area contributed by atoms with Crippen LogP contribution in [0.2, 0.25) is 0 Å². The van der Waals surface area contributed by atoms with Crippen LogP contribution in [0, 0.1) is 23.2 Å². The van der Waals surface area contributed by atoms with Crippen molar-refractivity contribution in [3.05, 3.63) is 0 Å². The predicted molar refractivity (Wildman–Crippen MR) is 64.7 cm³/mol. The van der Waals surface area contributed by atoms with E-state index in [1.807, 2.05) is 0 Å². The SMILES string of the molecule is CC1CCC(OCCC(C)(N)C#N)CC1C. The third-order valence-electron chi connectivity index (χ3n) is 3.78. The highest BCUT2D eigenvalue weighted by Gasteiger charge is 2.25. The summed E-state index contributed by atoms with van der Waals surface area (Å²) in [5.74, 6) is 1.57. The summed E-state index contributed by atoms with van der Waals surface area (Å²) in [4.78, 5) is 0. The molecule has 0 aromatic carbocycles. The molecule has 4 atom stereocenters. The Balaban J connectivity index is 2.22. The maximum absolute atomic E-state index is 8.78. The van der Waals surface area contributed by atoms with E-state index in [9.17, 15) is 0 Å². The van der Waals surface area contributed by atoms with E-state index >= 15 is 0 Å². The van der Waals surface area contributed by atoms with Crippen molar-refractivity contribution in [2.45, 2.75) is 58.1 Å². The molecule has 1 saturated carbocycles. The molecule has 2 N–H and O–H groups in total. The van der Waals surface area contributed by atoms with Gasteiger partial charge in [-0.15, -0.1) is 0 Å². The third-order valence-corrected chi connectivity index (χ3v) is 3.78. The second-order valence-electron chi connectivity index (χ2n) is 5.54. The monoisotopic (exact) mass is 224 g/mol. The zero-order valence-electron chi connectivity index (χ0n) is 10.7. The van der Waals surface area contributed by atoms with Gasteiger partial charge >= 0.3 is 0 Å². The Morgan fingerprint density at radius 2 is 2.06 bits per heavy atom. The average Bonchev–Trinajstić information content (AvgIpc) is 2.23. The van der Waals surface area contributed by atoms with Crippen molar-refractivity contribution in [1.29, 1.82) is 5.26 Å². The number of ether oxygens (including phenoxy) is 1. The molecule has 3 nitrogen and oxygen atoms in total. The van der Waals surface area contributed by atoms with Gasteiger partial charge in [0.25, 0.3) is 0 Å². The quantitative estimate of drug-likeness (QED) is 0.798. The molecule has 0 aliphatic heterocycles. The van der Waals surface area contributed by atoms with Crippen molar-refractivity contribution >= 4 is 0 Å². The first-order chi connectivity index (χ1) is 7.44. The normalized spacial score (nSPS) is 34.1. The standard InChI is InChI=1S/C13H24N2O/c1-10-4-5-12(8-11(10)2)16-7-6-13(3,15)9-14/h10-12H,4-8,15H2,1-3H3. The molecule has 0 aromatic heterocycles. The molecule has 1 rings (SSSR count). The average molecular weight is 224 g/mol. The van der Waals surface area contributed by atoms with Crippen LogP contribution in [0.15, 0.2) is 0 Å². The van der Waals surface area contributed by atoms with E-state index in [1.165, 1.54) is 6.42 Å². The molecule has 4 unspecified atom stereocenters. The van der Waals surface area contributed by atoms with Crippen LogP contribution < -0.4 is 5.73 Å². The second-order valence-corrected chi connectivity index (χ2v) is 5.54. The van der Waals surface area contributed by atoms with Crippen molar-refractivity contribution in [2.24, 2.45) is 17.6 Å². The third kappa shape index (κ3) is 4.11. The lowest BCUT2D eigenvalue weighted by atomic mass is 9.80. The minimum absolute atomic E-state index is 0.376. The second kappa shape index (κ2) is 5.65. The summed E-state index contributed by atoms with van der Waals surface area (Å²) < 4.78 is 5.81. The first-order valence-corrected chi connectivity index (χ1v) is 6.26. The summed E-state index contributed by atoms with van der Waals surface area (Å²) in [6.07, 6.45) is 4.54. The molecule has 0 radical (unpaired) electrons. The molecule has 1 aliphatic carbocycles. The Morgan fingerprint density at radius 3 is 2.62 bits per heavy atom. The summed E-state index contributed by atoms with van der Waals surface area (Å²) in [5.41, 5.74) is 5.00. The number of nitrogens with zero attached hydrogens (tertiary/aromatic N) is 1.